The van der Waals surface area contributed by atoms with Gasteiger partial charge in [0.15, 0.2) is 5.96 Å². The van der Waals surface area contributed by atoms with Crippen LogP contribution in [0.4, 0.5) is 0 Å². The number of halogens is 1. The second kappa shape index (κ2) is 6.97. The molecule has 0 saturated carbocycles. The maximum atomic E-state index is 6.01. The van der Waals surface area contributed by atoms with E-state index in [0.717, 1.165) is 50.0 Å². The highest BCUT2D eigenvalue weighted by atomic mass is 35.5. The van der Waals surface area contributed by atoms with Gasteiger partial charge in [0.25, 0.3) is 0 Å². The number of guanidine groups is 1. The van der Waals surface area contributed by atoms with Crippen LogP contribution in [-0.2, 0) is 11.3 Å². The van der Waals surface area contributed by atoms with E-state index >= 15 is 0 Å². The summed E-state index contributed by atoms with van der Waals surface area (Å²) in [6.45, 7) is 4.48. The van der Waals surface area contributed by atoms with Gasteiger partial charge in [-0.05, 0) is 25.0 Å². The Balaban J connectivity index is 1.63. The molecule has 2 aliphatic rings. The van der Waals surface area contributed by atoms with Crippen molar-refractivity contribution in [2.45, 2.75) is 19.4 Å². The van der Waals surface area contributed by atoms with Gasteiger partial charge in [-0.2, -0.15) is 0 Å². The summed E-state index contributed by atoms with van der Waals surface area (Å²) < 4.78 is 11.0. The van der Waals surface area contributed by atoms with Gasteiger partial charge < -0.3 is 19.7 Å². The molecule has 1 aromatic rings. The fourth-order valence-electron chi connectivity index (χ4n) is 3.46. The first-order valence-corrected chi connectivity index (χ1v) is 8.39. The molecule has 2 aliphatic heterocycles. The lowest BCUT2D eigenvalue weighted by atomic mass is 9.87. The Morgan fingerprint density at radius 3 is 3.04 bits per heavy atom. The highest BCUT2D eigenvalue weighted by Gasteiger charge is 2.42. The molecule has 0 radical (unpaired) electrons. The first-order chi connectivity index (χ1) is 11.2. The van der Waals surface area contributed by atoms with E-state index in [1.54, 1.807) is 7.11 Å². The van der Waals surface area contributed by atoms with Gasteiger partial charge in [0.05, 0.1) is 13.7 Å². The molecule has 2 heterocycles. The van der Waals surface area contributed by atoms with Gasteiger partial charge in [0.2, 0.25) is 0 Å². The number of ether oxygens (including phenoxy) is 2. The third kappa shape index (κ3) is 3.56. The van der Waals surface area contributed by atoms with Gasteiger partial charge in [0, 0.05) is 49.3 Å². The van der Waals surface area contributed by atoms with E-state index in [4.69, 9.17) is 21.1 Å². The summed E-state index contributed by atoms with van der Waals surface area (Å²) in [5, 5.41) is 4.12. The van der Waals surface area contributed by atoms with E-state index in [1.807, 2.05) is 25.2 Å². The van der Waals surface area contributed by atoms with Crippen LogP contribution >= 0.6 is 11.6 Å². The van der Waals surface area contributed by atoms with Crippen LogP contribution in [0.25, 0.3) is 0 Å². The standard InChI is InChI=1S/C17H24ClN3O2/c1-19-16(21-7-5-17(11-21)6-8-23-12-17)20-10-13-3-4-14(18)9-15(13)22-2/h3-4,9H,5-8,10-12H2,1-2H3,(H,19,20). The molecule has 1 atom stereocenters. The smallest absolute Gasteiger partial charge is 0.193 e. The van der Waals surface area contributed by atoms with E-state index in [1.165, 1.54) is 6.42 Å². The number of methoxy groups -OCH3 is 1. The molecule has 1 aromatic carbocycles. The van der Waals surface area contributed by atoms with Crippen LogP contribution in [0, 0.1) is 5.41 Å². The number of nitrogens with zero attached hydrogens (tertiary/aromatic N) is 2. The molecule has 2 saturated heterocycles. The van der Waals surface area contributed by atoms with Crippen LogP contribution in [0.1, 0.15) is 18.4 Å². The first-order valence-electron chi connectivity index (χ1n) is 8.01. The molecule has 23 heavy (non-hydrogen) atoms. The molecule has 1 N–H and O–H groups in total. The van der Waals surface area contributed by atoms with Crippen LogP contribution in [0.15, 0.2) is 23.2 Å². The Hall–Kier alpha value is -1.46. The zero-order valence-electron chi connectivity index (χ0n) is 13.8. The first kappa shape index (κ1) is 16.4. The summed E-state index contributed by atoms with van der Waals surface area (Å²) in [7, 11) is 3.49. The lowest BCUT2D eigenvalue weighted by Crippen LogP contribution is -2.41. The van der Waals surface area contributed by atoms with Gasteiger partial charge in [-0.15, -0.1) is 0 Å². The molecular formula is C17H24ClN3O2. The number of rotatable bonds is 3. The van der Waals surface area contributed by atoms with E-state index in [-0.39, 0.29) is 0 Å². The molecule has 126 valence electrons. The van der Waals surface area contributed by atoms with Crippen LogP contribution in [-0.4, -0.2) is 51.3 Å². The quantitative estimate of drug-likeness (QED) is 0.680. The maximum Gasteiger partial charge on any atom is 0.193 e. The van der Waals surface area contributed by atoms with Crippen molar-refractivity contribution in [3.63, 3.8) is 0 Å². The average Bonchev–Trinajstić information content (AvgIpc) is 3.19. The molecule has 3 rings (SSSR count). The zero-order chi connectivity index (χ0) is 16.3. The average molecular weight is 338 g/mol. The van der Waals surface area contributed by atoms with Crippen molar-refractivity contribution in [1.82, 2.24) is 10.2 Å². The molecule has 0 aromatic heterocycles. The van der Waals surface area contributed by atoms with Gasteiger partial charge in [-0.25, -0.2) is 0 Å². The Bertz CT molecular complexity index is 585. The Morgan fingerprint density at radius 2 is 2.35 bits per heavy atom. The molecular weight excluding hydrogens is 314 g/mol. The minimum Gasteiger partial charge on any atom is -0.496 e. The lowest BCUT2D eigenvalue weighted by molar-refractivity contribution is 0.156. The summed E-state index contributed by atoms with van der Waals surface area (Å²) in [6.07, 6.45) is 2.34. The van der Waals surface area contributed by atoms with Crippen molar-refractivity contribution >= 4 is 17.6 Å². The number of aliphatic imine (C=N–C) groups is 1. The van der Waals surface area contributed by atoms with Crippen molar-refractivity contribution in [2.75, 3.05) is 40.5 Å². The second-order valence-electron chi connectivity index (χ2n) is 6.33. The number of likely N-dealkylation sites (tertiary alicyclic amines) is 1. The summed E-state index contributed by atoms with van der Waals surface area (Å²) in [5.41, 5.74) is 1.39. The number of nitrogens with one attached hydrogen (secondary N) is 1. The van der Waals surface area contributed by atoms with E-state index < -0.39 is 0 Å². The fraction of sp³-hybridized carbons (Fsp3) is 0.588. The van der Waals surface area contributed by atoms with Crippen LogP contribution in [0.5, 0.6) is 5.75 Å². The normalized spacial score (nSPS) is 24.5. The largest absolute Gasteiger partial charge is 0.496 e. The predicted molar refractivity (Wildman–Crippen MR) is 92.3 cm³/mol. The molecule has 0 bridgehead atoms. The Morgan fingerprint density at radius 1 is 1.48 bits per heavy atom. The van der Waals surface area contributed by atoms with Crippen molar-refractivity contribution in [2.24, 2.45) is 10.4 Å². The third-order valence-corrected chi connectivity index (χ3v) is 5.06. The number of benzene rings is 1. The molecule has 6 heteroatoms. The topological polar surface area (TPSA) is 46.1 Å². The molecule has 5 nitrogen and oxygen atoms in total. The van der Waals surface area contributed by atoms with Gasteiger partial charge in [-0.1, -0.05) is 17.7 Å². The van der Waals surface area contributed by atoms with Crippen molar-refractivity contribution in [1.29, 1.82) is 0 Å². The van der Waals surface area contributed by atoms with Gasteiger partial charge in [-0.3, -0.25) is 4.99 Å². The second-order valence-corrected chi connectivity index (χ2v) is 6.77. The van der Waals surface area contributed by atoms with Gasteiger partial charge >= 0.3 is 0 Å². The molecule has 0 aliphatic carbocycles. The number of hydrogen-bond acceptors (Lipinski definition) is 3. The highest BCUT2D eigenvalue weighted by Crippen LogP contribution is 2.38. The van der Waals surface area contributed by atoms with E-state index in [0.29, 0.717) is 17.0 Å². The van der Waals surface area contributed by atoms with Crippen LogP contribution < -0.4 is 10.1 Å². The molecule has 0 amide bonds. The van der Waals surface area contributed by atoms with Gasteiger partial charge in [0.1, 0.15) is 5.75 Å². The summed E-state index contributed by atoms with van der Waals surface area (Å²) in [4.78, 5) is 6.77. The van der Waals surface area contributed by atoms with E-state index in [2.05, 4.69) is 15.2 Å². The van der Waals surface area contributed by atoms with Crippen LogP contribution in [0.3, 0.4) is 0 Å². The summed E-state index contributed by atoms with van der Waals surface area (Å²) in [5.74, 6) is 1.73. The van der Waals surface area contributed by atoms with Crippen molar-refractivity contribution < 1.29 is 9.47 Å². The SMILES string of the molecule is CN=C(NCc1ccc(Cl)cc1OC)N1CCC2(CCOC2)C1. The third-order valence-electron chi connectivity index (χ3n) is 4.82. The molecule has 1 unspecified atom stereocenters. The monoisotopic (exact) mass is 337 g/mol. The summed E-state index contributed by atoms with van der Waals surface area (Å²) >= 11 is 6.01. The van der Waals surface area contributed by atoms with Crippen LogP contribution in [0.2, 0.25) is 5.02 Å². The molecule has 2 fully saturated rings. The fourth-order valence-corrected chi connectivity index (χ4v) is 3.62. The Kier molecular flexibility index (Phi) is 4.97. The maximum absolute atomic E-state index is 6.01. The summed E-state index contributed by atoms with van der Waals surface area (Å²) in [6, 6.07) is 5.70. The van der Waals surface area contributed by atoms with E-state index in [9.17, 15) is 0 Å². The van der Waals surface area contributed by atoms with Crippen molar-refractivity contribution in [3.8, 4) is 5.75 Å². The minimum atomic E-state index is 0.329. The van der Waals surface area contributed by atoms with Crippen molar-refractivity contribution in [3.05, 3.63) is 28.8 Å². The minimum absolute atomic E-state index is 0.329. The predicted octanol–water partition coefficient (Wildman–Crippen LogP) is 2.54. The lowest BCUT2D eigenvalue weighted by Gasteiger charge is -2.25. The highest BCUT2D eigenvalue weighted by molar-refractivity contribution is 6.30. The zero-order valence-corrected chi connectivity index (χ0v) is 14.5. The number of hydrogen-bond donors (Lipinski definition) is 1. The Labute approximate surface area is 142 Å². The molecule has 1 spiro atoms.